The van der Waals surface area contributed by atoms with E-state index in [0.29, 0.717) is 10.6 Å². The first-order chi connectivity index (χ1) is 18.2. The van der Waals surface area contributed by atoms with Crippen molar-refractivity contribution in [3.8, 4) is 11.4 Å². The summed E-state index contributed by atoms with van der Waals surface area (Å²) in [5.74, 6) is -6.72. The highest BCUT2D eigenvalue weighted by atomic mass is 19.1. The molecule has 38 heavy (non-hydrogen) atoms. The number of halogens is 4. The van der Waals surface area contributed by atoms with Gasteiger partial charge in [0.15, 0.2) is 17.4 Å². The lowest BCUT2D eigenvalue weighted by molar-refractivity contribution is -0.149. The summed E-state index contributed by atoms with van der Waals surface area (Å²) >= 11 is 0. The van der Waals surface area contributed by atoms with Gasteiger partial charge in [-0.05, 0) is 50.3 Å². The van der Waals surface area contributed by atoms with E-state index in [0.717, 1.165) is 62.1 Å². The summed E-state index contributed by atoms with van der Waals surface area (Å²) in [5.41, 5.74) is 3.15. The number of esters is 1. The molecule has 1 heterocycles. The van der Waals surface area contributed by atoms with Crippen LogP contribution in [0.5, 0.6) is 5.75 Å². The first kappa shape index (κ1) is 26.9. The molecule has 7 nitrogen and oxygen atoms in total. The third-order valence-electron chi connectivity index (χ3n) is 6.16. The van der Waals surface area contributed by atoms with Gasteiger partial charge >= 0.3 is 5.97 Å². The molecule has 1 aliphatic carbocycles. The van der Waals surface area contributed by atoms with Crippen LogP contribution in [0.4, 0.5) is 23.4 Å². The van der Waals surface area contributed by atoms with Gasteiger partial charge in [0.05, 0.1) is 17.7 Å². The minimum Gasteiger partial charge on any atom is -0.493 e. The quantitative estimate of drug-likeness (QED) is 0.183. The van der Waals surface area contributed by atoms with Crippen LogP contribution in [0.1, 0.15) is 54.4 Å². The Labute approximate surface area is 214 Å². The zero-order valence-electron chi connectivity index (χ0n) is 20.1. The minimum absolute atomic E-state index is 0.0205. The fourth-order valence-corrected chi connectivity index (χ4v) is 4.29. The minimum atomic E-state index is -1.22. The van der Waals surface area contributed by atoms with Crippen molar-refractivity contribution in [3.63, 3.8) is 0 Å². The van der Waals surface area contributed by atoms with Gasteiger partial charge in [-0.2, -0.15) is 0 Å². The normalized spacial score (nSPS) is 13.5. The molecule has 1 fully saturated rings. The Morgan fingerprint density at radius 3 is 2.24 bits per heavy atom. The van der Waals surface area contributed by atoms with Crippen molar-refractivity contribution in [3.05, 3.63) is 87.2 Å². The molecule has 2 N–H and O–H groups in total. The van der Waals surface area contributed by atoms with Gasteiger partial charge in [0.2, 0.25) is 0 Å². The van der Waals surface area contributed by atoms with Gasteiger partial charge < -0.3 is 15.2 Å². The zero-order chi connectivity index (χ0) is 27.4. The highest BCUT2D eigenvalue weighted by molar-refractivity contribution is 6.11. The molecule has 4 rings (SSSR count). The van der Waals surface area contributed by atoms with E-state index in [1.807, 2.05) is 0 Å². The Bertz CT molecular complexity index is 1410. The van der Waals surface area contributed by atoms with E-state index < -0.39 is 57.2 Å². The van der Waals surface area contributed by atoms with E-state index in [-0.39, 0.29) is 37.3 Å². The van der Waals surface area contributed by atoms with Crippen molar-refractivity contribution < 1.29 is 36.6 Å². The summed E-state index contributed by atoms with van der Waals surface area (Å²) in [6.07, 6.45) is 4.03. The smallest absolute Gasteiger partial charge is 0.306 e. The van der Waals surface area contributed by atoms with Gasteiger partial charge in [-0.1, -0.05) is 0 Å². The standard InChI is InChI=1S/C27H24F4N2O5/c28-15-7-8-18(20(29)12-15)26(36)19-9-10-23(34)33(27(19)32)25-21(30)13-17(14-22(25)31)37-11-3-6-24(35)38-16-4-1-2-5-16/h7-10,12-14,16H,1-6,11,32H2. The number of carbonyl (C=O) groups is 2. The molecule has 0 spiro atoms. The maximum absolute atomic E-state index is 15.0. The summed E-state index contributed by atoms with van der Waals surface area (Å²) in [4.78, 5) is 37.2. The number of nitrogens with two attached hydrogens (primary N) is 1. The second-order valence-electron chi connectivity index (χ2n) is 8.84. The van der Waals surface area contributed by atoms with Crippen LogP contribution < -0.4 is 16.0 Å². The first-order valence-corrected chi connectivity index (χ1v) is 12.0. The summed E-state index contributed by atoms with van der Waals surface area (Å²) in [6, 6.07) is 5.74. The number of ether oxygens (including phenoxy) is 2. The number of benzene rings is 2. The largest absolute Gasteiger partial charge is 0.493 e. The SMILES string of the molecule is Nc1c(C(=O)c2ccc(F)cc2F)ccc(=O)n1-c1c(F)cc(OCCCC(=O)OC2CCCC2)cc1F. The lowest BCUT2D eigenvalue weighted by Crippen LogP contribution is -2.25. The van der Waals surface area contributed by atoms with Gasteiger partial charge in [0.25, 0.3) is 5.56 Å². The summed E-state index contributed by atoms with van der Waals surface area (Å²) in [6.45, 7) is -0.0205. The number of aromatic nitrogens is 1. The Morgan fingerprint density at radius 1 is 0.921 bits per heavy atom. The number of pyridine rings is 1. The van der Waals surface area contributed by atoms with E-state index in [1.165, 1.54) is 0 Å². The van der Waals surface area contributed by atoms with Crippen LogP contribution in [0.3, 0.4) is 0 Å². The Hall–Kier alpha value is -4.15. The van der Waals surface area contributed by atoms with E-state index in [4.69, 9.17) is 15.2 Å². The maximum atomic E-state index is 15.0. The lowest BCUT2D eigenvalue weighted by atomic mass is 10.0. The molecule has 0 unspecified atom stereocenters. The molecule has 11 heteroatoms. The number of ketones is 1. The molecular weight excluding hydrogens is 508 g/mol. The van der Waals surface area contributed by atoms with Crippen LogP contribution in [-0.2, 0) is 9.53 Å². The molecule has 1 saturated carbocycles. The first-order valence-electron chi connectivity index (χ1n) is 12.0. The summed E-state index contributed by atoms with van der Waals surface area (Å²) < 4.78 is 68.5. The molecule has 0 radical (unpaired) electrons. The number of anilines is 1. The average molecular weight is 532 g/mol. The fraction of sp³-hybridized carbons (Fsp3) is 0.296. The molecule has 0 amide bonds. The number of carbonyl (C=O) groups excluding carboxylic acids is 2. The van der Waals surface area contributed by atoms with Crippen LogP contribution in [0.15, 0.2) is 47.3 Å². The summed E-state index contributed by atoms with van der Waals surface area (Å²) in [5, 5.41) is 0. The highest BCUT2D eigenvalue weighted by Gasteiger charge is 2.24. The molecule has 0 bridgehead atoms. The summed E-state index contributed by atoms with van der Waals surface area (Å²) in [7, 11) is 0. The van der Waals surface area contributed by atoms with Gasteiger partial charge in [0.1, 0.15) is 35.0 Å². The van der Waals surface area contributed by atoms with Gasteiger partial charge in [-0.3, -0.25) is 19.0 Å². The van der Waals surface area contributed by atoms with Crippen LogP contribution >= 0.6 is 0 Å². The molecule has 2 aromatic carbocycles. The molecule has 0 atom stereocenters. The fourth-order valence-electron chi connectivity index (χ4n) is 4.29. The third kappa shape index (κ3) is 5.87. The van der Waals surface area contributed by atoms with E-state index in [1.54, 1.807) is 0 Å². The van der Waals surface area contributed by atoms with Gasteiger partial charge in [-0.25, -0.2) is 17.6 Å². The van der Waals surface area contributed by atoms with Crippen LogP contribution in [0, 0.1) is 23.3 Å². The van der Waals surface area contributed by atoms with Crippen molar-refractivity contribution in [2.75, 3.05) is 12.3 Å². The van der Waals surface area contributed by atoms with Gasteiger partial charge in [0, 0.05) is 30.7 Å². The predicted octanol–water partition coefficient (Wildman–Crippen LogP) is 4.85. The lowest BCUT2D eigenvalue weighted by Gasteiger charge is -2.16. The van der Waals surface area contributed by atoms with Crippen molar-refractivity contribution >= 4 is 17.6 Å². The second-order valence-corrected chi connectivity index (χ2v) is 8.84. The van der Waals surface area contributed by atoms with Crippen molar-refractivity contribution in [1.29, 1.82) is 0 Å². The van der Waals surface area contributed by atoms with Crippen molar-refractivity contribution in [2.24, 2.45) is 0 Å². The van der Waals surface area contributed by atoms with Crippen LogP contribution in [-0.4, -0.2) is 29.0 Å². The topological polar surface area (TPSA) is 101 Å². The van der Waals surface area contributed by atoms with Crippen molar-refractivity contribution in [2.45, 2.75) is 44.6 Å². The zero-order valence-corrected chi connectivity index (χ0v) is 20.1. The molecule has 0 aliphatic heterocycles. The molecule has 1 aliphatic rings. The number of nitrogens with zero attached hydrogens (tertiary/aromatic N) is 1. The predicted molar refractivity (Wildman–Crippen MR) is 129 cm³/mol. The second kappa shape index (κ2) is 11.5. The van der Waals surface area contributed by atoms with Crippen molar-refractivity contribution in [1.82, 2.24) is 4.57 Å². The van der Waals surface area contributed by atoms with E-state index in [9.17, 15) is 31.9 Å². The van der Waals surface area contributed by atoms with E-state index >= 15 is 0 Å². The number of hydrogen-bond donors (Lipinski definition) is 1. The number of nitrogen functional groups attached to an aromatic ring is 1. The molecule has 0 saturated heterocycles. The monoisotopic (exact) mass is 532 g/mol. The Balaban J connectivity index is 1.51. The molecular formula is C27H24F4N2O5. The molecule has 200 valence electrons. The Morgan fingerprint density at radius 2 is 1.58 bits per heavy atom. The molecule has 1 aromatic heterocycles. The van der Waals surface area contributed by atoms with Gasteiger partial charge in [-0.15, -0.1) is 0 Å². The highest BCUT2D eigenvalue weighted by Crippen LogP contribution is 2.27. The average Bonchev–Trinajstić information content (AvgIpc) is 3.36. The third-order valence-corrected chi connectivity index (χ3v) is 6.16. The Kier molecular flexibility index (Phi) is 8.13. The van der Waals surface area contributed by atoms with E-state index in [2.05, 4.69) is 0 Å². The van der Waals surface area contributed by atoms with Crippen LogP contribution in [0.25, 0.3) is 5.69 Å². The molecule has 3 aromatic rings. The number of rotatable bonds is 9. The van der Waals surface area contributed by atoms with Crippen LogP contribution in [0.2, 0.25) is 0 Å². The maximum Gasteiger partial charge on any atom is 0.306 e. The number of hydrogen-bond acceptors (Lipinski definition) is 6.